The van der Waals surface area contributed by atoms with E-state index in [1.54, 1.807) is 6.20 Å². The number of hydrogen-bond acceptors (Lipinski definition) is 2. The minimum absolute atomic E-state index is 0.202. The summed E-state index contributed by atoms with van der Waals surface area (Å²) in [5, 5.41) is 11.0. The molecule has 0 fully saturated rings. The quantitative estimate of drug-likeness (QED) is 0.824. The molecule has 2 aromatic rings. The van der Waals surface area contributed by atoms with Crippen molar-refractivity contribution >= 4 is 16.8 Å². The van der Waals surface area contributed by atoms with E-state index in [-0.39, 0.29) is 6.61 Å². The molecule has 0 saturated heterocycles. The molecule has 0 amide bonds. The van der Waals surface area contributed by atoms with Gasteiger partial charge in [0.1, 0.15) is 0 Å². The van der Waals surface area contributed by atoms with Gasteiger partial charge in [-0.1, -0.05) is 24.3 Å². The Morgan fingerprint density at radius 3 is 3.00 bits per heavy atom. The average molecular weight is 199 g/mol. The Morgan fingerprint density at radius 1 is 1.20 bits per heavy atom. The van der Waals surface area contributed by atoms with Gasteiger partial charge in [-0.25, -0.2) is 0 Å². The highest BCUT2D eigenvalue weighted by Gasteiger charge is 1.92. The SMILES string of the molecule is OCCC=Cc1ccc2cnccc2c1. The third-order valence-corrected chi connectivity index (χ3v) is 2.27. The fraction of sp³-hybridized carbons (Fsp3) is 0.154. The van der Waals surface area contributed by atoms with Crippen LogP contribution in [-0.2, 0) is 0 Å². The van der Waals surface area contributed by atoms with E-state index in [1.165, 1.54) is 5.39 Å². The minimum atomic E-state index is 0.202. The Hall–Kier alpha value is -1.67. The van der Waals surface area contributed by atoms with Crippen LogP contribution in [0.15, 0.2) is 42.7 Å². The van der Waals surface area contributed by atoms with Gasteiger partial charge in [0.2, 0.25) is 0 Å². The van der Waals surface area contributed by atoms with Gasteiger partial charge >= 0.3 is 0 Å². The van der Waals surface area contributed by atoms with E-state index in [1.807, 2.05) is 24.4 Å². The first kappa shape index (κ1) is 9.87. The number of rotatable bonds is 3. The molecular weight excluding hydrogens is 186 g/mol. The van der Waals surface area contributed by atoms with Crippen LogP contribution in [0.3, 0.4) is 0 Å². The van der Waals surface area contributed by atoms with Crippen molar-refractivity contribution < 1.29 is 5.11 Å². The van der Waals surface area contributed by atoms with Crippen LogP contribution in [0.4, 0.5) is 0 Å². The summed E-state index contributed by atoms with van der Waals surface area (Å²) in [4.78, 5) is 4.07. The smallest absolute Gasteiger partial charge is 0.0465 e. The van der Waals surface area contributed by atoms with Crippen LogP contribution in [-0.4, -0.2) is 16.7 Å². The van der Waals surface area contributed by atoms with Gasteiger partial charge in [0.05, 0.1) is 0 Å². The summed E-state index contributed by atoms with van der Waals surface area (Å²) in [6.45, 7) is 0.202. The van der Waals surface area contributed by atoms with Crippen molar-refractivity contribution in [2.24, 2.45) is 0 Å². The van der Waals surface area contributed by atoms with Gasteiger partial charge in [-0.15, -0.1) is 0 Å². The molecule has 15 heavy (non-hydrogen) atoms. The van der Waals surface area contributed by atoms with Crippen molar-refractivity contribution in [1.29, 1.82) is 0 Å². The van der Waals surface area contributed by atoms with Crippen LogP contribution in [0.25, 0.3) is 16.8 Å². The van der Waals surface area contributed by atoms with Crippen LogP contribution < -0.4 is 0 Å². The van der Waals surface area contributed by atoms with Crippen molar-refractivity contribution in [1.82, 2.24) is 4.98 Å². The normalized spacial score (nSPS) is 11.3. The molecule has 0 aliphatic carbocycles. The van der Waals surface area contributed by atoms with Crippen molar-refractivity contribution in [2.75, 3.05) is 6.61 Å². The molecule has 0 radical (unpaired) electrons. The fourth-order valence-corrected chi connectivity index (χ4v) is 1.50. The van der Waals surface area contributed by atoms with E-state index < -0.39 is 0 Å². The van der Waals surface area contributed by atoms with Crippen LogP contribution in [0.1, 0.15) is 12.0 Å². The summed E-state index contributed by atoms with van der Waals surface area (Å²) in [6.07, 6.45) is 8.35. The second-order valence-corrected chi connectivity index (χ2v) is 3.40. The van der Waals surface area contributed by atoms with E-state index in [4.69, 9.17) is 5.11 Å². The zero-order valence-electron chi connectivity index (χ0n) is 8.43. The lowest BCUT2D eigenvalue weighted by atomic mass is 10.1. The first-order valence-corrected chi connectivity index (χ1v) is 5.01. The molecule has 2 heteroatoms. The molecule has 2 rings (SSSR count). The Morgan fingerprint density at radius 2 is 2.13 bits per heavy atom. The Balaban J connectivity index is 2.30. The first-order chi connectivity index (χ1) is 7.40. The Bertz CT molecular complexity index is 477. The molecule has 0 spiro atoms. The maximum atomic E-state index is 8.66. The molecule has 0 unspecified atom stereocenters. The molecule has 1 heterocycles. The molecule has 0 aliphatic heterocycles. The number of pyridine rings is 1. The number of benzene rings is 1. The van der Waals surface area contributed by atoms with Crippen molar-refractivity contribution in [3.8, 4) is 0 Å². The molecule has 0 atom stereocenters. The van der Waals surface area contributed by atoms with Crippen LogP contribution in [0, 0.1) is 0 Å². The highest BCUT2D eigenvalue weighted by molar-refractivity contribution is 5.83. The summed E-state index contributed by atoms with van der Waals surface area (Å²) in [7, 11) is 0. The van der Waals surface area contributed by atoms with Crippen LogP contribution in [0.2, 0.25) is 0 Å². The molecular formula is C13H13NO. The van der Waals surface area contributed by atoms with Gasteiger partial charge in [0.25, 0.3) is 0 Å². The summed E-state index contributed by atoms with van der Waals surface area (Å²) in [5.41, 5.74) is 1.15. The topological polar surface area (TPSA) is 33.1 Å². The largest absolute Gasteiger partial charge is 0.396 e. The third kappa shape index (κ3) is 2.42. The summed E-state index contributed by atoms with van der Waals surface area (Å²) < 4.78 is 0. The highest BCUT2D eigenvalue weighted by atomic mass is 16.2. The van der Waals surface area contributed by atoms with E-state index in [0.717, 1.165) is 10.9 Å². The van der Waals surface area contributed by atoms with Gasteiger partial charge in [-0.3, -0.25) is 4.98 Å². The fourth-order valence-electron chi connectivity index (χ4n) is 1.50. The monoisotopic (exact) mass is 199 g/mol. The zero-order valence-corrected chi connectivity index (χ0v) is 8.43. The highest BCUT2D eigenvalue weighted by Crippen LogP contribution is 2.15. The molecule has 0 aliphatic rings. The number of aromatic nitrogens is 1. The predicted molar refractivity (Wildman–Crippen MR) is 62.5 cm³/mol. The summed E-state index contributed by atoms with van der Waals surface area (Å²) in [6, 6.07) is 8.22. The van der Waals surface area contributed by atoms with Gasteiger partial charge < -0.3 is 5.11 Å². The van der Waals surface area contributed by atoms with Crippen molar-refractivity contribution in [3.63, 3.8) is 0 Å². The second-order valence-electron chi connectivity index (χ2n) is 3.40. The average Bonchev–Trinajstić information content (AvgIpc) is 2.29. The standard InChI is InChI=1S/C13H13NO/c15-8-2-1-3-11-4-5-13-10-14-7-6-12(13)9-11/h1,3-7,9-10,15H,2,8H2. The van der Waals surface area contributed by atoms with Crippen LogP contribution >= 0.6 is 0 Å². The summed E-state index contributed by atoms with van der Waals surface area (Å²) in [5.74, 6) is 0. The van der Waals surface area contributed by atoms with E-state index in [9.17, 15) is 0 Å². The molecule has 1 N–H and O–H groups in total. The molecule has 0 bridgehead atoms. The maximum Gasteiger partial charge on any atom is 0.0465 e. The lowest BCUT2D eigenvalue weighted by Crippen LogP contribution is -1.78. The number of hydrogen-bond donors (Lipinski definition) is 1. The minimum Gasteiger partial charge on any atom is -0.396 e. The number of nitrogens with zero attached hydrogens (tertiary/aromatic N) is 1. The Kier molecular flexibility index (Phi) is 3.10. The van der Waals surface area contributed by atoms with E-state index >= 15 is 0 Å². The zero-order chi connectivity index (χ0) is 10.5. The molecule has 0 saturated carbocycles. The molecule has 76 valence electrons. The Labute approximate surface area is 88.9 Å². The van der Waals surface area contributed by atoms with Gasteiger partial charge in [0.15, 0.2) is 0 Å². The lowest BCUT2D eigenvalue weighted by Gasteiger charge is -1.98. The van der Waals surface area contributed by atoms with Gasteiger partial charge in [0, 0.05) is 24.4 Å². The van der Waals surface area contributed by atoms with E-state index in [0.29, 0.717) is 6.42 Å². The third-order valence-electron chi connectivity index (χ3n) is 2.27. The second kappa shape index (κ2) is 4.71. The predicted octanol–water partition coefficient (Wildman–Crippen LogP) is 2.63. The first-order valence-electron chi connectivity index (χ1n) is 5.01. The molecule has 1 aromatic heterocycles. The molecule has 2 nitrogen and oxygen atoms in total. The number of aliphatic hydroxyl groups excluding tert-OH is 1. The number of fused-ring (bicyclic) bond motifs is 1. The number of aliphatic hydroxyl groups is 1. The van der Waals surface area contributed by atoms with E-state index in [2.05, 4.69) is 23.2 Å². The molecule has 1 aromatic carbocycles. The maximum absolute atomic E-state index is 8.66. The summed E-state index contributed by atoms with van der Waals surface area (Å²) >= 11 is 0. The van der Waals surface area contributed by atoms with Crippen molar-refractivity contribution in [3.05, 3.63) is 48.3 Å². The van der Waals surface area contributed by atoms with Gasteiger partial charge in [-0.05, 0) is 29.5 Å². The van der Waals surface area contributed by atoms with Gasteiger partial charge in [-0.2, -0.15) is 0 Å². The van der Waals surface area contributed by atoms with Crippen LogP contribution in [0.5, 0.6) is 0 Å². The lowest BCUT2D eigenvalue weighted by molar-refractivity contribution is 0.303. The van der Waals surface area contributed by atoms with Crippen molar-refractivity contribution in [2.45, 2.75) is 6.42 Å².